The van der Waals surface area contributed by atoms with E-state index in [9.17, 15) is 5.11 Å². The summed E-state index contributed by atoms with van der Waals surface area (Å²) in [5.41, 5.74) is 0.893. The Hall–Kier alpha value is -1.81. The Morgan fingerprint density at radius 2 is 2.12 bits per heavy atom. The van der Waals surface area contributed by atoms with E-state index in [2.05, 4.69) is 5.10 Å². The van der Waals surface area contributed by atoms with Crippen molar-refractivity contribution in [3.8, 4) is 5.75 Å². The highest BCUT2D eigenvalue weighted by molar-refractivity contribution is 5.28. The van der Waals surface area contributed by atoms with Crippen LogP contribution in [0.4, 0.5) is 0 Å². The fourth-order valence-corrected chi connectivity index (χ4v) is 1.53. The van der Waals surface area contributed by atoms with E-state index in [1.54, 1.807) is 13.1 Å². The number of rotatable bonds is 5. The zero-order valence-electron chi connectivity index (χ0n) is 9.78. The average molecular weight is 232 g/mol. The lowest BCUT2D eigenvalue weighted by Gasteiger charge is -2.08. The van der Waals surface area contributed by atoms with E-state index in [1.165, 1.54) is 0 Å². The molecule has 0 aliphatic heterocycles. The first-order chi connectivity index (χ1) is 8.25. The van der Waals surface area contributed by atoms with Crippen LogP contribution >= 0.6 is 0 Å². The van der Waals surface area contributed by atoms with Gasteiger partial charge in [-0.15, -0.1) is 0 Å². The minimum atomic E-state index is -0.437. The summed E-state index contributed by atoms with van der Waals surface area (Å²) in [6.07, 6.45) is 3.21. The third-order valence-electron chi connectivity index (χ3n) is 2.51. The first-order valence-corrected chi connectivity index (χ1v) is 5.64. The standard InChI is InChI=1S/C13H16N2O2/c1-11(16)12-3-5-13(6-4-12)17-10-9-15-8-2-7-14-15/h2-8,11,16H,9-10H2,1H3/t11-/m0/s1. The largest absolute Gasteiger partial charge is 0.492 e. The van der Waals surface area contributed by atoms with Gasteiger partial charge in [0.2, 0.25) is 0 Å². The van der Waals surface area contributed by atoms with Gasteiger partial charge < -0.3 is 9.84 Å². The highest BCUT2D eigenvalue weighted by atomic mass is 16.5. The van der Waals surface area contributed by atoms with Crippen LogP contribution in [0.15, 0.2) is 42.7 Å². The molecule has 0 radical (unpaired) electrons. The van der Waals surface area contributed by atoms with Crippen LogP contribution in [0, 0.1) is 0 Å². The fourth-order valence-electron chi connectivity index (χ4n) is 1.53. The summed E-state index contributed by atoms with van der Waals surface area (Å²) in [5.74, 6) is 0.807. The fraction of sp³-hybridized carbons (Fsp3) is 0.308. The predicted octanol–water partition coefficient (Wildman–Crippen LogP) is 2.02. The molecule has 1 atom stereocenters. The molecule has 2 rings (SSSR count). The second kappa shape index (κ2) is 5.50. The van der Waals surface area contributed by atoms with Crippen molar-refractivity contribution >= 4 is 0 Å². The summed E-state index contributed by atoms with van der Waals surface area (Å²) in [6, 6.07) is 9.36. The third kappa shape index (κ3) is 3.32. The van der Waals surface area contributed by atoms with Gasteiger partial charge in [-0.05, 0) is 30.7 Å². The van der Waals surface area contributed by atoms with Crippen molar-refractivity contribution in [3.05, 3.63) is 48.3 Å². The van der Waals surface area contributed by atoms with Crippen LogP contribution in [-0.2, 0) is 6.54 Å². The van der Waals surface area contributed by atoms with Gasteiger partial charge in [-0.25, -0.2) is 0 Å². The Morgan fingerprint density at radius 1 is 1.35 bits per heavy atom. The van der Waals surface area contributed by atoms with Crippen LogP contribution in [0.2, 0.25) is 0 Å². The summed E-state index contributed by atoms with van der Waals surface area (Å²) >= 11 is 0. The van der Waals surface area contributed by atoms with E-state index in [4.69, 9.17) is 4.74 Å². The SMILES string of the molecule is C[C@H](O)c1ccc(OCCn2cccn2)cc1. The molecule has 1 aromatic heterocycles. The van der Waals surface area contributed by atoms with Gasteiger partial charge in [0.25, 0.3) is 0 Å². The normalized spacial score (nSPS) is 12.4. The van der Waals surface area contributed by atoms with Crippen LogP contribution in [-0.4, -0.2) is 21.5 Å². The number of aliphatic hydroxyl groups is 1. The molecule has 0 bridgehead atoms. The number of aromatic nitrogens is 2. The smallest absolute Gasteiger partial charge is 0.119 e. The van der Waals surface area contributed by atoms with Crippen molar-refractivity contribution in [2.24, 2.45) is 0 Å². The molecular weight excluding hydrogens is 216 g/mol. The van der Waals surface area contributed by atoms with E-state index in [0.29, 0.717) is 6.61 Å². The molecule has 4 heteroatoms. The highest BCUT2D eigenvalue weighted by Gasteiger charge is 2.00. The molecule has 0 fully saturated rings. The third-order valence-corrected chi connectivity index (χ3v) is 2.51. The van der Waals surface area contributed by atoms with Crippen LogP contribution in [0.1, 0.15) is 18.6 Å². The van der Waals surface area contributed by atoms with Gasteiger partial charge >= 0.3 is 0 Å². The molecule has 1 heterocycles. The van der Waals surface area contributed by atoms with Crippen LogP contribution in [0.25, 0.3) is 0 Å². The van der Waals surface area contributed by atoms with E-state index < -0.39 is 6.10 Å². The van der Waals surface area contributed by atoms with Gasteiger partial charge in [0.1, 0.15) is 12.4 Å². The van der Waals surface area contributed by atoms with Gasteiger partial charge in [0.15, 0.2) is 0 Å². The molecule has 0 unspecified atom stereocenters. The summed E-state index contributed by atoms with van der Waals surface area (Å²) < 4.78 is 7.40. The molecule has 2 aromatic rings. The predicted molar refractivity (Wildman–Crippen MR) is 64.8 cm³/mol. The number of ether oxygens (including phenoxy) is 1. The van der Waals surface area contributed by atoms with Crippen LogP contribution in [0.5, 0.6) is 5.75 Å². The Labute approximate surface area is 100 Å². The van der Waals surface area contributed by atoms with E-state index in [0.717, 1.165) is 17.9 Å². The molecule has 1 aromatic carbocycles. The van der Waals surface area contributed by atoms with Crippen molar-refractivity contribution < 1.29 is 9.84 Å². The number of nitrogens with zero attached hydrogens (tertiary/aromatic N) is 2. The van der Waals surface area contributed by atoms with E-state index in [1.807, 2.05) is 41.2 Å². The Morgan fingerprint density at radius 3 is 2.71 bits per heavy atom. The molecule has 17 heavy (non-hydrogen) atoms. The molecule has 0 saturated heterocycles. The number of benzene rings is 1. The Bertz CT molecular complexity index is 435. The maximum Gasteiger partial charge on any atom is 0.119 e. The second-order valence-electron chi connectivity index (χ2n) is 3.86. The quantitative estimate of drug-likeness (QED) is 0.857. The van der Waals surface area contributed by atoms with Crippen molar-refractivity contribution in [2.75, 3.05) is 6.61 Å². The molecule has 4 nitrogen and oxygen atoms in total. The molecule has 90 valence electrons. The minimum Gasteiger partial charge on any atom is -0.492 e. The van der Waals surface area contributed by atoms with Gasteiger partial charge in [-0.2, -0.15) is 5.10 Å². The average Bonchev–Trinajstić information content (AvgIpc) is 2.83. The minimum absolute atomic E-state index is 0.437. The second-order valence-corrected chi connectivity index (χ2v) is 3.86. The van der Waals surface area contributed by atoms with Crippen molar-refractivity contribution in [1.82, 2.24) is 9.78 Å². The van der Waals surface area contributed by atoms with Crippen molar-refractivity contribution in [1.29, 1.82) is 0 Å². The summed E-state index contributed by atoms with van der Waals surface area (Å²) in [5, 5.41) is 13.5. The lowest BCUT2D eigenvalue weighted by molar-refractivity contribution is 0.199. The Kier molecular flexibility index (Phi) is 3.77. The topological polar surface area (TPSA) is 47.3 Å². The molecule has 0 aliphatic carbocycles. The summed E-state index contributed by atoms with van der Waals surface area (Å²) in [7, 11) is 0. The molecule has 0 spiro atoms. The first-order valence-electron chi connectivity index (χ1n) is 5.64. The maximum atomic E-state index is 9.36. The molecule has 0 saturated carbocycles. The van der Waals surface area contributed by atoms with Crippen LogP contribution < -0.4 is 4.74 Å². The summed E-state index contributed by atoms with van der Waals surface area (Å²) in [4.78, 5) is 0. The molecule has 0 aliphatic rings. The lowest BCUT2D eigenvalue weighted by Crippen LogP contribution is -2.08. The zero-order valence-corrected chi connectivity index (χ0v) is 9.78. The van der Waals surface area contributed by atoms with E-state index in [-0.39, 0.29) is 0 Å². The highest BCUT2D eigenvalue weighted by Crippen LogP contribution is 2.17. The van der Waals surface area contributed by atoms with Gasteiger partial charge in [0, 0.05) is 12.4 Å². The number of hydrogen-bond donors (Lipinski definition) is 1. The Balaban J connectivity index is 1.83. The monoisotopic (exact) mass is 232 g/mol. The van der Waals surface area contributed by atoms with Gasteiger partial charge in [-0.1, -0.05) is 12.1 Å². The summed E-state index contributed by atoms with van der Waals surface area (Å²) in [6.45, 7) is 3.05. The lowest BCUT2D eigenvalue weighted by atomic mass is 10.1. The molecule has 1 N–H and O–H groups in total. The van der Waals surface area contributed by atoms with Crippen molar-refractivity contribution in [2.45, 2.75) is 19.6 Å². The van der Waals surface area contributed by atoms with E-state index >= 15 is 0 Å². The first kappa shape index (κ1) is 11.7. The molecular formula is C13H16N2O2. The van der Waals surface area contributed by atoms with Gasteiger partial charge in [0.05, 0.1) is 12.6 Å². The van der Waals surface area contributed by atoms with Crippen LogP contribution in [0.3, 0.4) is 0 Å². The molecule has 0 amide bonds. The van der Waals surface area contributed by atoms with Gasteiger partial charge in [-0.3, -0.25) is 4.68 Å². The number of aliphatic hydroxyl groups excluding tert-OH is 1. The maximum absolute atomic E-state index is 9.36. The zero-order chi connectivity index (χ0) is 12.1. The number of hydrogen-bond acceptors (Lipinski definition) is 3. The van der Waals surface area contributed by atoms with Crippen molar-refractivity contribution in [3.63, 3.8) is 0 Å².